The van der Waals surface area contributed by atoms with Crippen LogP contribution >= 0.6 is 0 Å². The summed E-state index contributed by atoms with van der Waals surface area (Å²) in [6, 6.07) is 0.763. The van der Waals surface area contributed by atoms with Crippen LogP contribution in [0.5, 0.6) is 0 Å². The average Bonchev–Trinajstić information content (AvgIpc) is 3.00. The van der Waals surface area contributed by atoms with Gasteiger partial charge in [-0.2, -0.15) is 0 Å². The highest BCUT2D eigenvalue weighted by Gasteiger charge is 2.22. The van der Waals surface area contributed by atoms with Gasteiger partial charge in [-0.15, -0.1) is 0 Å². The third kappa shape index (κ3) is 3.61. The maximum Gasteiger partial charge on any atom is 0.00414 e. The van der Waals surface area contributed by atoms with Gasteiger partial charge in [0.1, 0.15) is 0 Å². The first-order valence-electron chi connectivity index (χ1n) is 6.58. The molecule has 1 atom stereocenters. The molecule has 0 saturated heterocycles. The Morgan fingerprint density at radius 1 is 1.00 bits per heavy atom. The van der Waals surface area contributed by atoms with Crippen LogP contribution in [0, 0.1) is 11.8 Å². The highest BCUT2D eigenvalue weighted by atomic mass is 14.9. The predicted molar refractivity (Wildman–Crippen MR) is 61.4 cm³/mol. The molecule has 0 radical (unpaired) electrons. The molecule has 2 rings (SSSR count). The minimum absolute atomic E-state index is 0.763. The summed E-state index contributed by atoms with van der Waals surface area (Å²) in [4.78, 5) is 0. The Balaban J connectivity index is 1.57. The van der Waals surface area contributed by atoms with Crippen molar-refractivity contribution in [2.24, 2.45) is 11.8 Å². The van der Waals surface area contributed by atoms with Crippen LogP contribution in [-0.4, -0.2) is 12.6 Å². The molecule has 0 aromatic rings. The van der Waals surface area contributed by atoms with E-state index in [0.717, 1.165) is 17.9 Å². The van der Waals surface area contributed by atoms with E-state index in [1.54, 1.807) is 0 Å². The van der Waals surface area contributed by atoms with Crippen LogP contribution in [-0.2, 0) is 0 Å². The van der Waals surface area contributed by atoms with E-state index < -0.39 is 0 Å². The zero-order valence-electron chi connectivity index (χ0n) is 9.60. The summed E-state index contributed by atoms with van der Waals surface area (Å²) in [6.45, 7) is 3.66. The van der Waals surface area contributed by atoms with Gasteiger partial charge in [0, 0.05) is 6.04 Å². The fraction of sp³-hybridized carbons (Fsp3) is 1.00. The Morgan fingerprint density at radius 3 is 2.36 bits per heavy atom. The molecule has 0 bridgehead atoms. The summed E-state index contributed by atoms with van der Waals surface area (Å²) >= 11 is 0. The lowest BCUT2D eigenvalue weighted by Gasteiger charge is -2.25. The summed E-state index contributed by atoms with van der Waals surface area (Å²) in [5.41, 5.74) is 0. The van der Waals surface area contributed by atoms with E-state index in [9.17, 15) is 0 Å². The molecule has 0 aromatic carbocycles. The lowest BCUT2D eigenvalue weighted by Crippen LogP contribution is -2.30. The molecule has 2 aliphatic carbocycles. The molecule has 14 heavy (non-hydrogen) atoms. The third-order valence-electron chi connectivity index (χ3n) is 3.86. The standard InChI is InChI=1S/C13H25N/c1-11(14-10-13-7-8-13)9-12-5-3-2-4-6-12/h11-14H,2-10H2,1H3. The molecule has 2 saturated carbocycles. The molecular weight excluding hydrogens is 170 g/mol. The summed E-state index contributed by atoms with van der Waals surface area (Å²) in [5.74, 6) is 2.06. The van der Waals surface area contributed by atoms with E-state index in [1.165, 1.54) is 57.9 Å². The van der Waals surface area contributed by atoms with Crippen molar-refractivity contribution >= 4 is 0 Å². The Morgan fingerprint density at radius 2 is 1.71 bits per heavy atom. The zero-order chi connectivity index (χ0) is 9.80. The maximum atomic E-state index is 3.69. The zero-order valence-corrected chi connectivity index (χ0v) is 9.60. The summed E-state index contributed by atoms with van der Waals surface area (Å²) < 4.78 is 0. The molecule has 0 aromatic heterocycles. The monoisotopic (exact) mass is 195 g/mol. The van der Waals surface area contributed by atoms with Crippen LogP contribution in [0.1, 0.15) is 58.3 Å². The minimum Gasteiger partial charge on any atom is -0.314 e. The highest BCUT2D eigenvalue weighted by molar-refractivity contribution is 4.78. The molecule has 82 valence electrons. The third-order valence-corrected chi connectivity index (χ3v) is 3.86. The van der Waals surface area contributed by atoms with E-state index >= 15 is 0 Å². The number of hydrogen-bond acceptors (Lipinski definition) is 1. The van der Waals surface area contributed by atoms with E-state index in [1.807, 2.05) is 0 Å². The maximum absolute atomic E-state index is 3.69. The van der Waals surface area contributed by atoms with Crippen molar-refractivity contribution in [2.75, 3.05) is 6.54 Å². The predicted octanol–water partition coefficient (Wildman–Crippen LogP) is 3.34. The van der Waals surface area contributed by atoms with E-state index in [-0.39, 0.29) is 0 Å². The minimum atomic E-state index is 0.763. The fourth-order valence-corrected chi connectivity index (χ4v) is 2.70. The van der Waals surface area contributed by atoms with Gasteiger partial charge < -0.3 is 5.32 Å². The van der Waals surface area contributed by atoms with Crippen molar-refractivity contribution in [3.05, 3.63) is 0 Å². The molecule has 2 fully saturated rings. The lowest BCUT2D eigenvalue weighted by atomic mass is 9.85. The molecule has 2 aliphatic rings. The largest absolute Gasteiger partial charge is 0.314 e. The topological polar surface area (TPSA) is 12.0 Å². The van der Waals surface area contributed by atoms with E-state index in [2.05, 4.69) is 12.2 Å². The van der Waals surface area contributed by atoms with Gasteiger partial charge in [-0.05, 0) is 44.6 Å². The molecule has 1 nitrogen and oxygen atoms in total. The van der Waals surface area contributed by atoms with Gasteiger partial charge in [-0.1, -0.05) is 32.1 Å². The first kappa shape index (κ1) is 10.5. The second-order valence-electron chi connectivity index (χ2n) is 5.49. The Kier molecular flexibility index (Phi) is 3.86. The lowest BCUT2D eigenvalue weighted by molar-refractivity contribution is 0.304. The van der Waals surface area contributed by atoms with Crippen molar-refractivity contribution in [2.45, 2.75) is 64.3 Å². The van der Waals surface area contributed by atoms with Gasteiger partial charge in [0.25, 0.3) is 0 Å². The average molecular weight is 195 g/mol. The van der Waals surface area contributed by atoms with Crippen LogP contribution < -0.4 is 5.32 Å². The molecule has 0 aliphatic heterocycles. The Labute approximate surface area is 88.7 Å². The quantitative estimate of drug-likeness (QED) is 0.709. The smallest absolute Gasteiger partial charge is 0.00414 e. The van der Waals surface area contributed by atoms with Gasteiger partial charge in [0.05, 0.1) is 0 Å². The summed E-state index contributed by atoms with van der Waals surface area (Å²) in [5, 5.41) is 3.69. The van der Waals surface area contributed by atoms with Crippen molar-refractivity contribution in [1.82, 2.24) is 5.32 Å². The molecule has 1 N–H and O–H groups in total. The van der Waals surface area contributed by atoms with E-state index in [4.69, 9.17) is 0 Å². The number of hydrogen-bond donors (Lipinski definition) is 1. The summed E-state index contributed by atoms with van der Waals surface area (Å²) in [6.07, 6.45) is 11.8. The van der Waals surface area contributed by atoms with Gasteiger partial charge >= 0.3 is 0 Å². The Bertz CT molecular complexity index is 157. The van der Waals surface area contributed by atoms with Crippen LogP contribution in [0.15, 0.2) is 0 Å². The van der Waals surface area contributed by atoms with Gasteiger partial charge in [0.15, 0.2) is 0 Å². The molecular formula is C13H25N. The van der Waals surface area contributed by atoms with Crippen molar-refractivity contribution in [3.63, 3.8) is 0 Å². The van der Waals surface area contributed by atoms with Crippen molar-refractivity contribution in [3.8, 4) is 0 Å². The first-order chi connectivity index (χ1) is 6.84. The van der Waals surface area contributed by atoms with Crippen LogP contribution in [0.25, 0.3) is 0 Å². The van der Waals surface area contributed by atoms with Crippen LogP contribution in [0.2, 0.25) is 0 Å². The molecule has 1 unspecified atom stereocenters. The van der Waals surface area contributed by atoms with Crippen LogP contribution in [0.3, 0.4) is 0 Å². The van der Waals surface area contributed by atoms with Gasteiger partial charge in [-0.25, -0.2) is 0 Å². The summed E-state index contributed by atoms with van der Waals surface area (Å²) in [7, 11) is 0. The van der Waals surface area contributed by atoms with Crippen molar-refractivity contribution < 1.29 is 0 Å². The van der Waals surface area contributed by atoms with Gasteiger partial charge in [0.2, 0.25) is 0 Å². The number of nitrogens with one attached hydrogen (secondary N) is 1. The van der Waals surface area contributed by atoms with Crippen LogP contribution in [0.4, 0.5) is 0 Å². The molecule has 0 spiro atoms. The van der Waals surface area contributed by atoms with Gasteiger partial charge in [-0.3, -0.25) is 0 Å². The normalized spacial score (nSPS) is 26.4. The SMILES string of the molecule is CC(CC1CCCCC1)NCC1CC1. The number of rotatable bonds is 5. The highest BCUT2D eigenvalue weighted by Crippen LogP contribution is 2.29. The molecule has 0 heterocycles. The fourth-order valence-electron chi connectivity index (χ4n) is 2.70. The van der Waals surface area contributed by atoms with Crippen molar-refractivity contribution in [1.29, 1.82) is 0 Å². The Hall–Kier alpha value is -0.0400. The van der Waals surface area contributed by atoms with E-state index in [0.29, 0.717) is 0 Å². The molecule has 0 amide bonds. The second kappa shape index (κ2) is 5.16. The molecule has 1 heteroatoms. The first-order valence-corrected chi connectivity index (χ1v) is 6.58. The second-order valence-corrected chi connectivity index (χ2v) is 5.49.